The Morgan fingerprint density at radius 1 is 1.40 bits per heavy atom. The first-order valence-electron chi connectivity index (χ1n) is 3.66. The molecule has 1 amide bonds. The van der Waals surface area contributed by atoms with E-state index in [-0.39, 0.29) is 0 Å². The molecule has 0 radical (unpaired) electrons. The van der Waals surface area contributed by atoms with E-state index in [9.17, 15) is 26.8 Å². The van der Waals surface area contributed by atoms with Gasteiger partial charge in [-0.05, 0) is 0 Å². The van der Waals surface area contributed by atoms with E-state index in [0.29, 0.717) is 0 Å². The fourth-order valence-electron chi connectivity index (χ4n) is 0.725. The van der Waals surface area contributed by atoms with Gasteiger partial charge in [0, 0.05) is 6.92 Å². The summed E-state index contributed by atoms with van der Waals surface area (Å²) in [6.07, 6.45) is 0. The number of hydrogen-bond acceptors (Lipinski definition) is 4. The number of sulfone groups is 1. The fourth-order valence-corrected chi connectivity index (χ4v) is 1.56. The van der Waals surface area contributed by atoms with Crippen LogP contribution >= 0.6 is 0 Å². The molecule has 0 spiro atoms. The average molecular weight is 245 g/mol. The Kier molecular flexibility index (Phi) is 4.59. The molecule has 0 aliphatic rings. The molecule has 88 valence electrons. The van der Waals surface area contributed by atoms with Crippen molar-refractivity contribution in [3.63, 3.8) is 0 Å². The van der Waals surface area contributed by atoms with Crippen LogP contribution in [0.15, 0.2) is 0 Å². The largest absolute Gasteiger partial charge is 0.480 e. The van der Waals surface area contributed by atoms with E-state index in [0.717, 1.165) is 6.92 Å². The topological polar surface area (TPSA) is 101 Å². The highest BCUT2D eigenvalue weighted by molar-refractivity contribution is 7.91. The molecular weight excluding hydrogens is 236 g/mol. The molecule has 0 saturated heterocycles. The molecule has 15 heavy (non-hydrogen) atoms. The smallest absolute Gasteiger partial charge is 0.336 e. The number of hydrogen-bond donors (Lipinski definition) is 2. The predicted molar refractivity (Wildman–Crippen MR) is 45.0 cm³/mol. The quantitative estimate of drug-likeness (QED) is 0.661. The summed E-state index contributed by atoms with van der Waals surface area (Å²) in [7, 11) is -4.82. The van der Waals surface area contributed by atoms with Gasteiger partial charge in [0.15, 0.2) is 0 Å². The van der Waals surface area contributed by atoms with E-state index in [1.54, 1.807) is 5.32 Å². The third kappa shape index (κ3) is 4.68. The van der Waals surface area contributed by atoms with E-state index < -0.39 is 39.3 Å². The number of halogens is 2. The van der Waals surface area contributed by atoms with Crippen molar-refractivity contribution >= 4 is 21.7 Å². The molecule has 0 saturated carbocycles. The van der Waals surface area contributed by atoms with Crippen molar-refractivity contribution in [1.82, 2.24) is 5.32 Å². The van der Waals surface area contributed by atoms with Gasteiger partial charge in [0.2, 0.25) is 15.7 Å². The van der Waals surface area contributed by atoms with Crippen LogP contribution in [0.5, 0.6) is 0 Å². The van der Waals surface area contributed by atoms with Crippen LogP contribution in [0.25, 0.3) is 0 Å². The van der Waals surface area contributed by atoms with Crippen molar-refractivity contribution < 1.29 is 31.9 Å². The molecule has 2 N–H and O–H groups in total. The number of alkyl halides is 2. The maximum Gasteiger partial charge on any atom is 0.336 e. The first-order chi connectivity index (χ1) is 6.66. The molecule has 0 aromatic rings. The monoisotopic (exact) mass is 245 g/mol. The summed E-state index contributed by atoms with van der Waals surface area (Å²) in [6, 6.07) is -1.86. The second-order valence-corrected chi connectivity index (χ2v) is 4.70. The third-order valence-electron chi connectivity index (χ3n) is 1.35. The van der Waals surface area contributed by atoms with E-state index in [1.807, 2.05) is 0 Å². The van der Waals surface area contributed by atoms with Crippen LogP contribution in [0.1, 0.15) is 6.92 Å². The summed E-state index contributed by atoms with van der Waals surface area (Å²) in [4.78, 5) is 20.9. The third-order valence-corrected chi connectivity index (χ3v) is 2.69. The number of aliphatic carboxylic acids is 1. The standard InChI is InChI=1S/C6H9F2NO5S/c1-3(10)9-4(5(11)12)2-15(13,14)6(7)8/h4,6H,2H2,1H3,(H,9,10)(H,11,12)/t4-/m0/s1. The number of carbonyl (C=O) groups is 2. The van der Waals surface area contributed by atoms with Gasteiger partial charge in [0.05, 0.1) is 5.75 Å². The lowest BCUT2D eigenvalue weighted by molar-refractivity contribution is -0.140. The number of rotatable bonds is 5. The number of carboxylic acids is 1. The van der Waals surface area contributed by atoms with Gasteiger partial charge in [0.25, 0.3) is 0 Å². The van der Waals surface area contributed by atoms with Crippen LogP contribution in [-0.2, 0) is 19.4 Å². The summed E-state index contributed by atoms with van der Waals surface area (Å²) < 4.78 is 45.1. The first kappa shape index (κ1) is 13.8. The van der Waals surface area contributed by atoms with Crippen LogP contribution < -0.4 is 5.32 Å². The highest BCUT2D eigenvalue weighted by Crippen LogP contribution is 2.07. The lowest BCUT2D eigenvalue weighted by atomic mass is 10.3. The Bertz CT molecular complexity index is 353. The highest BCUT2D eigenvalue weighted by atomic mass is 32.2. The van der Waals surface area contributed by atoms with E-state index in [4.69, 9.17) is 5.11 Å². The summed E-state index contributed by atoms with van der Waals surface area (Å²) in [5.41, 5.74) is 0. The van der Waals surface area contributed by atoms with Crippen molar-refractivity contribution in [2.45, 2.75) is 18.7 Å². The number of carboxylic acid groups (broad SMARTS) is 1. The Balaban J connectivity index is 4.70. The zero-order valence-electron chi connectivity index (χ0n) is 7.61. The van der Waals surface area contributed by atoms with Crippen molar-refractivity contribution in [2.75, 3.05) is 5.75 Å². The number of carbonyl (C=O) groups excluding carboxylic acids is 1. The van der Waals surface area contributed by atoms with Gasteiger partial charge in [-0.3, -0.25) is 4.79 Å². The van der Waals surface area contributed by atoms with Gasteiger partial charge in [-0.25, -0.2) is 13.2 Å². The van der Waals surface area contributed by atoms with Crippen molar-refractivity contribution in [3.05, 3.63) is 0 Å². The van der Waals surface area contributed by atoms with Crippen molar-refractivity contribution in [1.29, 1.82) is 0 Å². The molecule has 0 aliphatic carbocycles. The molecule has 0 heterocycles. The molecule has 0 fully saturated rings. The molecular formula is C6H9F2NO5S. The Labute approximate surface area is 84.2 Å². The highest BCUT2D eigenvalue weighted by Gasteiger charge is 2.32. The minimum absolute atomic E-state index is 0.813. The van der Waals surface area contributed by atoms with E-state index in [2.05, 4.69) is 0 Å². The lowest BCUT2D eigenvalue weighted by Gasteiger charge is -2.12. The SMILES string of the molecule is CC(=O)N[C@@H](CS(=O)(=O)C(F)F)C(=O)O. The van der Waals surface area contributed by atoms with Crippen LogP contribution in [0, 0.1) is 0 Å². The normalized spacial score (nSPS) is 13.6. The molecule has 0 bridgehead atoms. The summed E-state index contributed by atoms with van der Waals surface area (Å²) in [5.74, 6) is -7.49. The minimum atomic E-state index is -4.82. The Morgan fingerprint density at radius 2 is 1.87 bits per heavy atom. The van der Waals surface area contributed by atoms with Gasteiger partial charge in [-0.1, -0.05) is 0 Å². The fraction of sp³-hybridized carbons (Fsp3) is 0.667. The van der Waals surface area contributed by atoms with Gasteiger partial charge >= 0.3 is 11.7 Å². The molecule has 0 rings (SSSR count). The number of amides is 1. The maximum atomic E-state index is 11.9. The molecule has 6 nitrogen and oxygen atoms in total. The molecule has 1 atom stereocenters. The number of nitrogens with one attached hydrogen (secondary N) is 1. The predicted octanol–water partition coefficient (Wildman–Crippen LogP) is -0.787. The Morgan fingerprint density at radius 3 is 2.13 bits per heavy atom. The minimum Gasteiger partial charge on any atom is -0.480 e. The zero-order chi connectivity index (χ0) is 12.2. The second kappa shape index (κ2) is 5.01. The summed E-state index contributed by atoms with van der Waals surface area (Å²) in [6.45, 7) is 0.949. The van der Waals surface area contributed by atoms with Crippen LogP contribution in [0.4, 0.5) is 8.78 Å². The van der Waals surface area contributed by atoms with Gasteiger partial charge in [0.1, 0.15) is 6.04 Å². The molecule has 0 unspecified atom stereocenters. The van der Waals surface area contributed by atoms with Crippen LogP contribution in [0.2, 0.25) is 0 Å². The molecule has 0 aromatic heterocycles. The zero-order valence-corrected chi connectivity index (χ0v) is 8.42. The van der Waals surface area contributed by atoms with Gasteiger partial charge in [-0.2, -0.15) is 8.78 Å². The van der Waals surface area contributed by atoms with Crippen LogP contribution in [-0.4, -0.2) is 43.0 Å². The molecule has 9 heteroatoms. The first-order valence-corrected chi connectivity index (χ1v) is 5.38. The van der Waals surface area contributed by atoms with E-state index >= 15 is 0 Å². The molecule has 0 aliphatic heterocycles. The average Bonchev–Trinajstić information content (AvgIpc) is 2.01. The van der Waals surface area contributed by atoms with Crippen molar-refractivity contribution in [3.8, 4) is 0 Å². The summed E-state index contributed by atoms with van der Waals surface area (Å²) >= 11 is 0. The van der Waals surface area contributed by atoms with Gasteiger partial charge in [-0.15, -0.1) is 0 Å². The van der Waals surface area contributed by atoms with Crippen molar-refractivity contribution in [2.24, 2.45) is 0 Å². The van der Waals surface area contributed by atoms with Gasteiger partial charge < -0.3 is 10.4 Å². The molecule has 0 aromatic carbocycles. The summed E-state index contributed by atoms with van der Waals surface area (Å²) in [5, 5.41) is 10.2. The van der Waals surface area contributed by atoms with Crippen LogP contribution in [0.3, 0.4) is 0 Å². The Hall–Kier alpha value is -1.25. The lowest BCUT2D eigenvalue weighted by Crippen LogP contribution is -2.45. The maximum absolute atomic E-state index is 11.9. The second-order valence-electron chi connectivity index (χ2n) is 2.68. The van der Waals surface area contributed by atoms with E-state index in [1.165, 1.54) is 0 Å².